The van der Waals surface area contributed by atoms with Crippen LogP contribution in [-0.2, 0) is 4.79 Å². The molecule has 3 aromatic rings. The van der Waals surface area contributed by atoms with Gasteiger partial charge in [0.2, 0.25) is 5.91 Å². The minimum atomic E-state index is -1.72. The van der Waals surface area contributed by atoms with E-state index in [1.54, 1.807) is 19.1 Å². The summed E-state index contributed by atoms with van der Waals surface area (Å²) >= 11 is 0. The van der Waals surface area contributed by atoms with E-state index >= 15 is 0 Å². The molecule has 3 amide bonds. The summed E-state index contributed by atoms with van der Waals surface area (Å²) in [6, 6.07) is 9.07. The van der Waals surface area contributed by atoms with Crippen LogP contribution in [0.25, 0.3) is 0 Å². The molecule has 0 saturated heterocycles. The number of aryl methyl sites for hydroxylation is 1. The maximum absolute atomic E-state index is 13.6. The number of halogens is 3. The lowest BCUT2D eigenvalue weighted by Gasteiger charge is -2.11. The summed E-state index contributed by atoms with van der Waals surface area (Å²) in [6.07, 6.45) is 1.35. The van der Waals surface area contributed by atoms with Crippen molar-refractivity contribution < 1.29 is 32.0 Å². The molecule has 7 nitrogen and oxygen atoms in total. The van der Waals surface area contributed by atoms with Crippen LogP contribution in [-0.4, -0.2) is 24.3 Å². The van der Waals surface area contributed by atoms with Crippen LogP contribution in [0.3, 0.4) is 0 Å². The minimum absolute atomic E-state index is 0.0930. The maximum atomic E-state index is 13.6. The van der Waals surface area contributed by atoms with E-state index in [0.29, 0.717) is 17.3 Å². The van der Waals surface area contributed by atoms with Crippen LogP contribution in [0.4, 0.5) is 24.5 Å². The summed E-state index contributed by atoms with van der Waals surface area (Å²) in [7, 11) is 0. The van der Waals surface area contributed by atoms with Gasteiger partial charge in [0.15, 0.2) is 23.2 Å². The van der Waals surface area contributed by atoms with Crippen molar-refractivity contribution in [2.75, 3.05) is 17.2 Å². The van der Waals surface area contributed by atoms with Crippen molar-refractivity contribution in [2.24, 2.45) is 0 Å². The fourth-order valence-electron chi connectivity index (χ4n) is 2.57. The lowest BCUT2D eigenvalue weighted by atomic mass is 10.1. The molecule has 0 fully saturated rings. The fourth-order valence-corrected chi connectivity index (χ4v) is 2.57. The van der Waals surface area contributed by atoms with Crippen LogP contribution in [0.2, 0.25) is 0 Å². The number of amides is 3. The summed E-state index contributed by atoms with van der Waals surface area (Å²) in [4.78, 5) is 36.4. The van der Waals surface area contributed by atoms with Gasteiger partial charge in [-0.25, -0.2) is 13.2 Å². The van der Waals surface area contributed by atoms with Crippen LogP contribution in [0, 0.1) is 24.4 Å². The molecule has 0 saturated carbocycles. The van der Waals surface area contributed by atoms with Gasteiger partial charge in [-0.3, -0.25) is 14.4 Å². The molecule has 0 unspecified atom stereocenters. The Labute approximate surface area is 174 Å². The Morgan fingerprint density at radius 2 is 1.68 bits per heavy atom. The second kappa shape index (κ2) is 9.16. The Kier molecular flexibility index (Phi) is 6.39. The Hall–Kier alpha value is -4.08. The van der Waals surface area contributed by atoms with Gasteiger partial charge in [-0.2, -0.15) is 0 Å². The normalized spacial score (nSPS) is 10.5. The first-order valence-electron chi connectivity index (χ1n) is 8.93. The second-order valence-electron chi connectivity index (χ2n) is 6.41. The van der Waals surface area contributed by atoms with Crippen molar-refractivity contribution in [3.8, 4) is 0 Å². The smallest absolute Gasteiger partial charge is 0.291 e. The Morgan fingerprint density at radius 3 is 2.39 bits per heavy atom. The largest absolute Gasteiger partial charge is 0.459 e. The molecule has 0 aliphatic heterocycles. The molecule has 3 rings (SSSR count). The quantitative estimate of drug-likeness (QED) is 0.519. The Balaban J connectivity index is 1.62. The van der Waals surface area contributed by atoms with E-state index in [1.807, 2.05) is 5.32 Å². The van der Waals surface area contributed by atoms with E-state index in [1.165, 1.54) is 24.5 Å². The van der Waals surface area contributed by atoms with Gasteiger partial charge < -0.3 is 20.4 Å². The Morgan fingerprint density at radius 1 is 0.903 bits per heavy atom. The number of benzene rings is 2. The molecule has 0 bridgehead atoms. The highest BCUT2D eigenvalue weighted by molar-refractivity contribution is 6.04. The average Bonchev–Trinajstić information content (AvgIpc) is 3.29. The van der Waals surface area contributed by atoms with Crippen molar-refractivity contribution in [3.63, 3.8) is 0 Å². The third-order valence-corrected chi connectivity index (χ3v) is 4.21. The van der Waals surface area contributed by atoms with E-state index in [0.717, 1.165) is 6.07 Å². The van der Waals surface area contributed by atoms with Crippen LogP contribution >= 0.6 is 0 Å². The molecule has 1 aromatic heterocycles. The van der Waals surface area contributed by atoms with Gasteiger partial charge in [-0.15, -0.1) is 0 Å². The van der Waals surface area contributed by atoms with E-state index in [-0.39, 0.29) is 11.3 Å². The Bertz CT molecular complexity index is 1150. The van der Waals surface area contributed by atoms with Crippen LogP contribution in [0.1, 0.15) is 26.5 Å². The number of carbonyl (C=O) groups is 3. The zero-order valence-electron chi connectivity index (χ0n) is 16.1. The third kappa shape index (κ3) is 5.10. The molecular weight excluding hydrogens is 415 g/mol. The van der Waals surface area contributed by atoms with Crippen molar-refractivity contribution in [1.82, 2.24) is 5.32 Å². The van der Waals surface area contributed by atoms with E-state index < -0.39 is 47.4 Å². The topological polar surface area (TPSA) is 100 Å². The van der Waals surface area contributed by atoms with E-state index in [9.17, 15) is 27.6 Å². The van der Waals surface area contributed by atoms with Crippen LogP contribution < -0.4 is 16.0 Å². The number of anilines is 2. The SMILES string of the molecule is Cc1ccc(C(=O)NCC(=O)Nc2ccc(F)c(F)c2F)cc1NC(=O)c1ccco1. The zero-order valence-corrected chi connectivity index (χ0v) is 16.1. The molecule has 2 aromatic carbocycles. The summed E-state index contributed by atoms with van der Waals surface area (Å²) in [5, 5.41) is 6.99. The number of rotatable bonds is 6. The second-order valence-corrected chi connectivity index (χ2v) is 6.41. The predicted octanol–water partition coefficient (Wildman–Crippen LogP) is 3.63. The fraction of sp³-hybridized carbons (Fsp3) is 0.0952. The number of furan rings is 1. The molecule has 10 heteroatoms. The van der Waals surface area contributed by atoms with Gasteiger partial charge in [0.05, 0.1) is 18.5 Å². The van der Waals surface area contributed by atoms with E-state index in [4.69, 9.17) is 4.42 Å². The molecular formula is C21H16F3N3O4. The highest BCUT2D eigenvalue weighted by Gasteiger charge is 2.17. The molecule has 0 spiro atoms. The van der Waals surface area contributed by atoms with Gasteiger partial charge in [-0.1, -0.05) is 6.07 Å². The molecule has 0 atom stereocenters. The molecule has 3 N–H and O–H groups in total. The molecule has 0 aliphatic carbocycles. The summed E-state index contributed by atoms with van der Waals surface area (Å²) in [5.41, 5.74) is 0.633. The number of hydrogen-bond acceptors (Lipinski definition) is 4. The molecule has 160 valence electrons. The summed E-state index contributed by atoms with van der Waals surface area (Å²) in [6.45, 7) is 1.17. The maximum Gasteiger partial charge on any atom is 0.291 e. The monoisotopic (exact) mass is 431 g/mol. The first-order valence-corrected chi connectivity index (χ1v) is 8.93. The van der Waals surface area contributed by atoms with Crippen molar-refractivity contribution in [2.45, 2.75) is 6.92 Å². The minimum Gasteiger partial charge on any atom is -0.459 e. The molecule has 0 radical (unpaired) electrons. The van der Waals surface area contributed by atoms with Crippen LogP contribution in [0.5, 0.6) is 0 Å². The number of hydrogen-bond donors (Lipinski definition) is 3. The molecule has 1 heterocycles. The van der Waals surface area contributed by atoms with Crippen molar-refractivity contribution >= 4 is 29.1 Å². The summed E-state index contributed by atoms with van der Waals surface area (Å²) < 4.78 is 44.8. The van der Waals surface area contributed by atoms with Crippen molar-refractivity contribution in [1.29, 1.82) is 0 Å². The predicted molar refractivity (Wildman–Crippen MR) is 105 cm³/mol. The van der Waals surface area contributed by atoms with Gasteiger partial charge in [0, 0.05) is 11.3 Å². The van der Waals surface area contributed by atoms with Gasteiger partial charge in [-0.05, 0) is 48.9 Å². The molecule has 31 heavy (non-hydrogen) atoms. The summed E-state index contributed by atoms with van der Waals surface area (Å²) in [5.74, 6) is -6.56. The highest BCUT2D eigenvalue weighted by Crippen LogP contribution is 2.20. The van der Waals surface area contributed by atoms with Gasteiger partial charge in [0.25, 0.3) is 11.8 Å². The zero-order chi connectivity index (χ0) is 22.5. The van der Waals surface area contributed by atoms with E-state index in [2.05, 4.69) is 10.6 Å². The van der Waals surface area contributed by atoms with Gasteiger partial charge >= 0.3 is 0 Å². The number of carbonyl (C=O) groups excluding carboxylic acids is 3. The lowest BCUT2D eigenvalue weighted by Crippen LogP contribution is -2.33. The number of nitrogens with one attached hydrogen (secondary N) is 3. The third-order valence-electron chi connectivity index (χ3n) is 4.21. The average molecular weight is 431 g/mol. The highest BCUT2D eigenvalue weighted by atomic mass is 19.2. The van der Waals surface area contributed by atoms with Gasteiger partial charge in [0.1, 0.15) is 0 Å². The van der Waals surface area contributed by atoms with Crippen LogP contribution in [0.15, 0.2) is 53.1 Å². The first-order chi connectivity index (χ1) is 14.8. The first kappa shape index (κ1) is 21.6. The van der Waals surface area contributed by atoms with Crippen molar-refractivity contribution in [3.05, 3.63) is 83.1 Å². The standard InChI is InChI=1S/C21H16F3N3O4/c1-11-4-5-12(9-15(11)27-21(30)16-3-2-8-31-16)20(29)25-10-17(28)26-14-7-6-13(22)18(23)19(14)24/h2-9H,10H2,1H3,(H,25,29)(H,26,28)(H,27,30). The molecule has 0 aliphatic rings. The lowest BCUT2D eigenvalue weighted by molar-refractivity contribution is -0.115.